The van der Waals surface area contributed by atoms with E-state index in [0.29, 0.717) is 21.3 Å². The number of nitrogens with zero attached hydrogens (tertiary/aromatic N) is 2. The number of hydrogen-bond acceptors (Lipinski definition) is 4. The average molecular weight is 514 g/mol. The van der Waals surface area contributed by atoms with Crippen molar-refractivity contribution in [2.45, 2.75) is 46.3 Å². The highest BCUT2D eigenvalue weighted by atomic mass is 35.5. The number of amides is 2. The highest BCUT2D eigenvalue weighted by Gasteiger charge is 2.30. The van der Waals surface area contributed by atoms with E-state index in [2.05, 4.69) is 5.32 Å². The SMILES string of the molecule is Cc1ccc(Cl)cc1N(CC(=O)N(Cc1ccc(Cl)cc1)C(C)C(=O)NC(C)C)S(C)(=O)=O. The molecule has 7 nitrogen and oxygen atoms in total. The lowest BCUT2D eigenvalue weighted by Gasteiger charge is -2.32. The van der Waals surface area contributed by atoms with Crippen LogP contribution in [0.3, 0.4) is 0 Å². The zero-order valence-corrected chi connectivity index (χ0v) is 21.6. The Hall–Kier alpha value is -2.29. The van der Waals surface area contributed by atoms with Crippen LogP contribution in [0, 0.1) is 6.92 Å². The number of rotatable bonds is 9. The van der Waals surface area contributed by atoms with Gasteiger partial charge in [-0.3, -0.25) is 13.9 Å². The number of aryl methyl sites for hydroxylation is 1. The highest BCUT2D eigenvalue weighted by Crippen LogP contribution is 2.26. The fourth-order valence-corrected chi connectivity index (χ4v) is 4.41. The molecule has 1 N–H and O–H groups in total. The molecular weight excluding hydrogens is 485 g/mol. The third-order valence-corrected chi connectivity index (χ3v) is 6.60. The Morgan fingerprint density at radius 2 is 1.58 bits per heavy atom. The lowest BCUT2D eigenvalue weighted by Crippen LogP contribution is -2.52. The highest BCUT2D eigenvalue weighted by molar-refractivity contribution is 7.92. The van der Waals surface area contributed by atoms with Gasteiger partial charge < -0.3 is 10.2 Å². The second-order valence-corrected chi connectivity index (χ2v) is 11.0. The third-order valence-electron chi connectivity index (χ3n) is 4.98. The Balaban J connectivity index is 2.42. The fraction of sp³-hybridized carbons (Fsp3) is 0.391. The summed E-state index contributed by atoms with van der Waals surface area (Å²) < 4.78 is 26.2. The smallest absolute Gasteiger partial charge is 0.244 e. The standard InChI is InChI=1S/C23H29Cl2N3O4S/c1-15(2)26-23(30)17(4)27(13-18-7-10-19(24)11-8-18)22(29)14-28(33(5,31)32)21-12-20(25)9-6-16(21)3/h6-12,15,17H,13-14H2,1-5H3,(H,26,30). The summed E-state index contributed by atoms with van der Waals surface area (Å²) >= 11 is 12.1. The van der Waals surface area contributed by atoms with Gasteiger partial charge in [-0.2, -0.15) is 0 Å². The topological polar surface area (TPSA) is 86.8 Å². The zero-order chi connectivity index (χ0) is 24.9. The summed E-state index contributed by atoms with van der Waals surface area (Å²) in [6.07, 6.45) is 1.03. The lowest BCUT2D eigenvalue weighted by molar-refractivity contribution is -0.139. The van der Waals surface area contributed by atoms with Gasteiger partial charge in [0.15, 0.2) is 0 Å². The molecule has 2 rings (SSSR count). The summed E-state index contributed by atoms with van der Waals surface area (Å²) in [7, 11) is -3.82. The van der Waals surface area contributed by atoms with E-state index in [9.17, 15) is 18.0 Å². The summed E-state index contributed by atoms with van der Waals surface area (Å²) in [6.45, 7) is 6.62. The molecule has 180 valence electrons. The molecule has 10 heteroatoms. The Bertz CT molecular complexity index is 1110. The van der Waals surface area contributed by atoms with Crippen molar-refractivity contribution in [2.75, 3.05) is 17.1 Å². The van der Waals surface area contributed by atoms with Gasteiger partial charge in [-0.25, -0.2) is 8.42 Å². The number of carbonyl (C=O) groups excluding carboxylic acids is 2. The van der Waals surface area contributed by atoms with Crippen LogP contribution in [0.15, 0.2) is 42.5 Å². The molecule has 0 saturated heterocycles. The number of sulfonamides is 1. The van der Waals surface area contributed by atoms with Gasteiger partial charge >= 0.3 is 0 Å². The number of benzene rings is 2. The van der Waals surface area contributed by atoms with Crippen LogP contribution >= 0.6 is 23.2 Å². The van der Waals surface area contributed by atoms with Crippen LogP contribution < -0.4 is 9.62 Å². The molecule has 0 radical (unpaired) electrons. The summed E-state index contributed by atoms with van der Waals surface area (Å²) in [5.41, 5.74) is 1.71. The van der Waals surface area contributed by atoms with Gasteiger partial charge in [0.05, 0.1) is 11.9 Å². The molecule has 0 aromatic heterocycles. The minimum absolute atomic E-state index is 0.106. The number of carbonyl (C=O) groups is 2. The van der Waals surface area contributed by atoms with Crippen LogP contribution in [-0.4, -0.2) is 50.0 Å². The van der Waals surface area contributed by atoms with E-state index in [-0.39, 0.29) is 18.5 Å². The Labute approximate surface area is 205 Å². The first-order valence-corrected chi connectivity index (χ1v) is 13.0. The first-order valence-electron chi connectivity index (χ1n) is 10.4. The minimum Gasteiger partial charge on any atom is -0.352 e. The van der Waals surface area contributed by atoms with Crippen molar-refractivity contribution in [3.05, 3.63) is 63.6 Å². The first kappa shape index (κ1) is 27.0. The van der Waals surface area contributed by atoms with Gasteiger partial charge in [0.25, 0.3) is 0 Å². The van der Waals surface area contributed by atoms with Crippen molar-refractivity contribution in [3.63, 3.8) is 0 Å². The Kier molecular flexibility index (Phi) is 9.17. The van der Waals surface area contributed by atoms with Crippen molar-refractivity contribution >= 4 is 50.7 Å². The van der Waals surface area contributed by atoms with E-state index in [4.69, 9.17) is 23.2 Å². The van der Waals surface area contributed by atoms with Crippen molar-refractivity contribution in [1.29, 1.82) is 0 Å². The van der Waals surface area contributed by atoms with Gasteiger partial charge in [0.2, 0.25) is 21.8 Å². The van der Waals surface area contributed by atoms with Crippen LogP contribution in [-0.2, 0) is 26.2 Å². The fourth-order valence-electron chi connectivity index (χ4n) is 3.22. The minimum atomic E-state index is -3.82. The molecule has 0 aliphatic rings. The Morgan fingerprint density at radius 1 is 1.00 bits per heavy atom. The van der Waals surface area contributed by atoms with E-state index >= 15 is 0 Å². The van der Waals surface area contributed by atoms with Gasteiger partial charge in [-0.1, -0.05) is 41.4 Å². The molecule has 2 aromatic rings. The molecule has 0 saturated carbocycles. The third kappa shape index (κ3) is 7.62. The maximum atomic E-state index is 13.5. The van der Waals surface area contributed by atoms with E-state index in [1.165, 1.54) is 11.0 Å². The molecule has 0 spiro atoms. The van der Waals surface area contributed by atoms with Gasteiger partial charge in [0.1, 0.15) is 12.6 Å². The summed E-state index contributed by atoms with van der Waals surface area (Å²) in [4.78, 5) is 27.5. The maximum Gasteiger partial charge on any atom is 0.244 e. The number of nitrogens with one attached hydrogen (secondary N) is 1. The van der Waals surface area contributed by atoms with Crippen LogP contribution in [0.4, 0.5) is 5.69 Å². The molecule has 1 unspecified atom stereocenters. The number of hydrogen-bond donors (Lipinski definition) is 1. The van der Waals surface area contributed by atoms with E-state index in [0.717, 1.165) is 16.1 Å². The molecular formula is C23H29Cl2N3O4S. The van der Waals surface area contributed by atoms with Crippen molar-refractivity contribution in [2.24, 2.45) is 0 Å². The van der Waals surface area contributed by atoms with Gasteiger partial charge in [-0.05, 0) is 63.1 Å². The molecule has 0 heterocycles. The monoisotopic (exact) mass is 513 g/mol. The number of halogens is 2. The van der Waals surface area contributed by atoms with E-state index < -0.39 is 28.5 Å². The molecule has 0 aliphatic carbocycles. The van der Waals surface area contributed by atoms with Crippen LogP contribution in [0.2, 0.25) is 10.0 Å². The first-order chi connectivity index (χ1) is 15.3. The van der Waals surface area contributed by atoms with Crippen LogP contribution in [0.5, 0.6) is 0 Å². The number of anilines is 1. The molecule has 0 fully saturated rings. The van der Waals surface area contributed by atoms with Gasteiger partial charge in [0, 0.05) is 22.6 Å². The van der Waals surface area contributed by atoms with E-state index in [1.807, 2.05) is 13.8 Å². The molecule has 2 aromatic carbocycles. The van der Waals surface area contributed by atoms with Crippen molar-refractivity contribution < 1.29 is 18.0 Å². The molecule has 0 bridgehead atoms. The summed E-state index contributed by atoms with van der Waals surface area (Å²) in [5, 5.41) is 3.69. The zero-order valence-electron chi connectivity index (χ0n) is 19.3. The summed E-state index contributed by atoms with van der Waals surface area (Å²) in [5.74, 6) is -0.863. The second kappa shape index (κ2) is 11.2. The summed E-state index contributed by atoms with van der Waals surface area (Å²) in [6, 6.07) is 10.8. The molecule has 0 aliphatic heterocycles. The Morgan fingerprint density at radius 3 is 2.12 bits per heavy atom. The lowest BCUT2D eigenvalue weighted by atomic mass is 10.1. The second-order valence-electron chi connectivity index (χ2n) is 8.19. The van der Waals surface area contributed by atoms with Crippen LogP contribution in [0.25, 0.3) is 0 Å². The van der Waals surface area contributed by atoms with Crippen molar-refractivity contribution in [1.82, 2.24) is 10.2 Å². The maximum absolute atomic E-state index is 13.5. The molecule has 1 atom stereocenters. The van der Waals surface area contributed by atoms with Crippen molar-refractivity contribution in [3.8, 4) is 0 Å². The van der Waals surface area contributed by atoms with E-state index in [1.54, 1.807) is 50.2 Å². The largest absolute Gasteiger partial charge is 0.352 e. The van der Waals surface area contributed by atoms with Gasteiger partial charge in [-0.15, -0.1) is 0 Å². The predicted octanol–water partition coefficient (Wildman–Crippen LogP) is 4.01. The quantitative estimate of drug-likeness (QED) is 0.548. The molecule has 2 amide bonds. The average Bonchev–Trinajstić information content (AvgIpc) is 2.71. The normalized spacial score (nSPS) is 12.4. The predicted molar refractivity (Wildman–Crippen MR) is 133 cm³/mol. The van der Waals surface area contributed by atoms with Crippen LogP contribution in [0.1, 0.15) is 31.9 Å². The molecule has 33 heavy (non-hydrogen) atoms.